The first-order chi connectivity index (χ1) is 7.16. The minimum atomic E-state index is -3.35. The van der Waals surface area contributed by atoms with Crippen LogP contribution < -0.4 is 10.5 Å². The van der Waals surface area contributed by atoms with Gasteiger partial charge in [0.2, 0.25) is 10.0 Å². The van der Waals surface area contributed by atoms with Gasteiger partial charge in [0.1, 0.15) is 5.60 Å². The average molecular weight is 252 g/mol. The van der Waals surface area contributed by atoms with Gasteiger partial charge < -0.3 is 10.5 Å². The summed E-state index contributed by atoms with van der Waals surface area (Å²) >= 11 is 0. The summed E-state index contributed by atoms with van der Waals surface area (Å²) in [6, 6.07) is 0. The molecule has 0 rings (SSSR count). The predicted octanol–water partition coefficient (Wildman–Crippen LogP) is -0.404. The van der Waals surface area contributed by atoms with Gasteiger partial charge in [-0.15, -0.1) is 0 Å². The van der Waals surface area contributed by atoms with Crippen molar-refractivity contribution in [3.63, 3.8) is 0 Å². The van der Waals surface area contributed by atoms with Crippen molar-refractivity contribution in [1.82, 2.24) is 4.72 Å². The average Bonchev–Trinajstić information content (AvgIpc) is 1.99. The number of ether oxygens (including phenoxy) is 1. The van der Waals surface area contributed by atoms with Crippen LogP contribution in [0.5, 0.6) is 0 Å². The SMILES string of the molecule is CC(C)(C)OC(=O)CCNS(=O)(=O)CCN. The van der Waals surface area contributed by atoms with E-state index in [9.17, 15) is 13.2 Å². The van der Waals surface area contributed by atoms with E-state index in [1.54, 1.807) is 20.8 Å². The fraction of sp³-hybridized carbons (Fsp3) is 0.889. The van der Waals surface area contributed by atoms with E-state index in [0.29, 0.717) is 0 Å². The molecule has 0 saturated carbocycles. The van der Waals surface area contributed by atoms with Crippen LogP contribution in [0.1, 0.15) is 27.2 Å². The molecule has 0 aliphatic rings. The molecule has 16 heavy (non-hydrogen) atoms. The molecule has 0 saturated heterocycles. The Hall–Kier alpha value is -0.660. The van der Waals surface area contributed by atoms with Crippen LogP contribution in [0, 0.1) is 0 Å². The maximum atomic E-state index is 11.2. The first-order valence-corrected chi connectivity index (χ1v) is 6.71. The summed E-state index contributed by atoms with van der Waals surface area (Å²) < 4.78 is 29.6. The molecule has 0 aromatic heterocycles. The second-order valence-electron chi connectivity index (χ2n) is 4.34. The summed E-state index contributed by atoms with van der Waals surface area (Å²) in [5.74, 6) is -0.565. The monoisotopic (exact) mass is 252 g/mol. The zero-order valence-corrected chi connectivity index (χ0v) is 10.8. The zero-order chi connectivity index (χ0) is 12.8. The highest BCUT2D eigenvalue weighted by molar-refractivity contribution is 7.89. The van der Waals surface area contributed by atoms with Gasteiger partial charge in [-0.25, -0.2) is 13.1 Å². The van der Waals surface area contributed by atoms with Crippen molar-refractivity contribution in [3.05, 3.63) is 0 Å². The molecule has 0 radical (unpaired) electrons. The maximum absolute atomic E-state index is 11.2. The molecule has 96 valence electrons. The second kappa shape index (κ2) is 6.17. The molecule has 0 amide bonds. The normalized spacial score (nSPS) is 12.5. The van der Waals surface area contributed by atoms with Gasteiger partial charge >= 0.3 is 5.97 Å². The van der Waals surface area contributed by atoms with Gasteiger partial charge in [-0.05, 0) is 20.8 Å². The quantitative estimate of drug-likeness (QED) is 0.626. The third kappa shape index (κ3) is 8.63. The van der Waals surface area contributed by atoms with Crippen molar-refractivity contribution in [2.24, 2.45) is 5.73 Å². The summed E-state index contributed by atoms with van der Waals surface area (Å²) in [5.41, 5.74) is 4.57. The second-order valence-corrected chi connectivity index (χ2v) is 6.26. The van der Waals surface area contributed by atoms with Crippen LogP contribution in [0.15, 0.2) is 0 Å². The van der Waals surface area contributed by atoms with Gasteiger partial charge in [-0.3, -0.25) is 4.79 Å². The van der Waals surface area contributed by atoms with E-state index >= 15 is 0 Å². The van der Waals surface area contributed by atoms with Crippen LogP contribution in [-0.2, 0) is 19.6 Å². The third-order valence-electron chi connectivity index (χ3n) is 1.46. The molecule has 0 bridgehead atoms. The van der Waals surface area contributed by atoms with Crippen LogP contribution in [0.2, 0.25) is 0 Å². The molecular formula is C9H20N2O4S. The van der Waals surface area contributed by atoms with Crippen LogP contribution in [-0.4, -0.2) is 38.8 Å². The van der Waals surface area contributed by atoms with Crippen molar-refractivity contribution < 1.29 is 17.9 Å². The van der Waals surface area contributed by atoms with E-state index < -0.39 is 21.6 Å². The summed E-state index contributed by atoms with van der Waals surface area (Å²) in [6.45, 7) is 5.36. The number of carbonyl (C=O) groups excluding carboxylic acids is 1. The number of rotatable bonds is 6. The molecule has 0 atom stereocenters. The van der Waals surface area contributed by atoms with E-state index in [1.807, 2.05) is 0 Å². The van der Waals surface area contributed by atoms with Crippen LogP contribution in [0.4, 0.5) is 0 Å². The molecule has 0 aliphatic carbocycles. The topological polar surface area (TPSA) is 98.5 Å². The number of nitrogens with two attached hydrogens (primary N) is 1. The van der Waals surface area contributed by atoms with E-state index in [1.165, 1.54) is 0 Å². The highest BCUT2D eigenvalue weighted by Crippen LogP contribution is 2.07. The number of nitrogens with one attached hydrogen (secondary N) is 1. The fourth-order valence-corrected chi connectivity index (χ4v) is 1.80. The number of carbonyl (C=O) groups is 1. The number of esters is 1. The summed E-state index contributed by atoms with van der Waals surface area (Å²) in [4.78, 5) is 11.2. The van der Waals surface area contributed by atoms with Crippen LogP contribution >= 0.6 is 0 Å². The Morgan fingerprint density at radius 1 is 1.38 bits per heavy atom. The van der Waals surface area contributed by atoms with Crippen molar-refractivity contribution in [3.8, 4) is 0 Å². The van der Waals surface area contributed by atoms with E-state index in [4.69, 9.17) is 10.5 Å². The molecule has 6 nitrogen and oxygen atoms in total. The lowest BCUT2D eigenvalue weighted by molar-refractivity contribution is -0.154. The maximum Gasteiger partial charge on any atom is 0.307 e. The van der Waals surface area contributed by atoms with Gasteiger partial charge in [-0.1, -0.05) is 0 Å². The van der Waals surface area contributed by atoms with Crippen molar-refractivity contribution in [2.45, 2.75) is 32.8 Å². The van der Waals surface area contributed by atoms with E-state index in [-0.39, 0.29) is 25.3 Å². The predicted molar refractivity (Wildman–Crippen MR) is 61.3 cm³/mol. The molecule has 7 heteroatoms. The number of hydrogen-bond acceptors (Lipinski definition) is 5. The zero-order valence-electron chi connectivity index (χ0n) is 9.95. The number of hydrogen-bond donors (Lipinski definition) is 2. The molecular weight excluding hydrogens is 232 g/mol. The van der Waals surface area contributed by atoms with Gasteiger partial charge in [0.15, 0.2) is 0 Å². The fourth-order valence-electron chi connectivity index (χ4n) is 0.928. The Morgan fingerprint density at radius 2 is 1.94 bits per heavy atom. The first-order valence-electron chi connectivity index (χ1n) is 5.05. The molecule has 0 aromatic carbocycles. The van der Waals surface area contributed by atoms with Gasteiger partial charge in [-0.2, -0.15) is 0 Å². The first kappa shape index (κ1) is 15.3. The van der Waals surface area contributed by atoms with Crippen molar-refractivity contribution in [1.29, 1.82) is 0 Å². The minimum absolute atomic E-state index is 0.0150. The molecule has 0 spiro atoms. The van der Waals surface area contributed by atoms with Crippen LogP contribution in [0.25, 0.3) is 0 Å². The molecule has 0 heterocycles. The molecule has 0 fully saturated rings. The van der Waals surface area contributed by atoms with Gasteiger partial charge in [0.05, 0.1) is 12.2 Å². The number of sulfonamides is 1. The molecule has 0 aliphatic heterocycles. The molecule has 0 unspecified atom stereocenters. The standard InChI is InChI=1S/C9H20N2O4S/c1-9(2,3)15-8(12)4-6-11-16(13,14)7-5-10/h11H,4-7,10H2,1-3H3. The Balaban J connectivity index is 3.87. The smallest absolute Gasteiger partial charge is 0.307 e. The largest absolute Gasteiger partial charge is 0.460 e. The van der Waals surface area contributed by atoms with Gasteiger partial charge in [0, 0.05) is 13.1 Å². The highest BCUT2D eigenvalue weighted by Gasteiger charge is 2.16. The Kier molecular flexibility index (Phi) is 5.91. The Bertz CT molecular complexity index is 319. The summed E-state index contributed by atoms with van der Waals surface area (Å²) in [6.07, 6.45) is 0.0150. The lowest BCUT2D eigenvalue weighted by Gasteiger charge is -2.19. The Labute approximate surface area is 96.6 Å². The van der Waals surface area contributed by atoms with Gasteiger partial charge in [0.25, 0.3) is 0 Å². The molecule has 0 aromatic rings. The lowest BCUT2D eigenvalue weighted by Crippen LogP contribution is -2.32. The van der Waals surface area contributed by atoms with Crippen LogP contribution in [0.3, 0.4) is 0 Å². The lowest BCUT2D eigenvalue weighted by atomic mass is 10.2. The summed E-state index contributed by atoms with van der Waals surface area (Å²) in [5, 5.41) is 0. The van der Waals surface area contributed by atoms with E-state index in [0.717, 1.165) is 0 Å². The summed E-state index contributed by atoms with van der Waals surface area (Å²) in [7, 11) is -3.35. The molecule has 3 N–H and O–H groups in total. The Morgan fingerprint density at radius 3 is 2.38 bits per heavy atom. The minimum Gasteiger partial charge on any atom is -0.460 e. The van der Waals surface area contributed by atoms with E-state index in [2.05, 4.69) is 4.72 Å². The third-order valence-corrected chi connectivity index (χ3v) is 2.87. The van der Waals surface area contributed by atoms with Crippen molar-refractivity contribution in [2.75, 3.05) is 18.8 Å². The van der Waals surface area contributed by atoms with Crippen molar-refractivity contribution >= 4 is 16.0 Å². The highest BCUT2D eigenvalue weighted by atomic mass is 32.2.